The van der Waals surface area contributed by atoms with Gasteiger partial charge in [-0.15, -0.1) is 4.91 Å². The SMILES string of the molecule is CC1(C)OB(c2cc(C(F)(F)F)c(B3OC(C)(C)C(C)(C)O3)c(N=O)c2N)OC1(C)C. The van der Waals surface area contributed by atoms with Gasteiger partial charge in [0.2, 0.25) is 0 Å². The fraction of sp³-hybridized carbons (Fsp3) is 0.684. The molecule has 2 fully saturated rings. The monoisotopic (exact) mass is 442 g/mol. The predicted octanol–water partition coefficient (Wildman–Crippen LogP) is 3.28. The number of halogens is 3. The largest absolute Gasteiger partial charge is 0.497 e. The molecule has 12 heteroatoms. The second kappa shape index (κ2) is 6.94. The Hall–Kier alpha value is -1.62. The van der Waals surface area contributed by atoms with E-state index in [0.717, 1.165) is 6.07 Å². The van der Waals surface area contributed by atoms with Gasteiger partial charge in [-0.25, -0.2) is 0 Å². The standard InChI is InChI=1S/C19H27B2F3N2O5/c1-15(2)16(3,4)29-20(28-15)11-9-10(19(22,23)24)12(14(26-27)13(11)25)21-30-17(5,6)18(7,8)31-21/h9H,25H2,1-8H3. The van der Waals surface area contributed by atoms with Crippen LogP contribution >= 0.6 is 0 Å². The highest BCUT2D eigenvalue weighted by molar-refractivity contribution is 6.68. The van der Waals surface area contributed by atoms with E-state index in [1.54, 1.807) is 55.4 Å². The first-order chi connectivity index (χ1) is 13.8. The number of nitrogen functional groups attached to an aromatic ring is 1. The van der Waals surface area contributed by atoms with Gasteiger partial charge in [0, 0.05) is 10.9 Å². The van der Waals surface area contributed by atoms with Gasteiger partial charge in [0.1, 0.15) is 5.69 Å². The first-order valence-corrected chi connectivity index (χ1v) is 9.93. The van der Waals surface area contributed by atoms with Crippen LogP contribution in [0.25, 0.3) is 0 Å². The zero-order chi connectivity index (χ0) is 23.8. The summed E-state index contributed by atoms with van der Waals surface area (Å²) in [5.41, 5.74) is -0.0538. The number of nitrogens with zero attached hydrogens (tertiary/aromatic N) is 1. The van der Waals surface area contributed by atoms with Crippen LogP contribution in [0.2, 0.25) is 0 Å². The Morgan fingerprint density at radius 1 is 0.839 bits per heavy atom. The average molecular weight is 442 g/mol. The number of nitrogens with two attached hydrogens (primary N) is 1. The van der Waals surface area contributed by atoms with Crippen LogP contribution in [-0.2, 0) is 24.8 Å². The predicted molar refractivity (Wildman–Crippen MR) is 113 cm³/mol. The molecule has 2 aliphatic rings. The van der Waals surface area contributed by atoms with Gasteiger partial charge in [0.15, 0.2) is 0 Å². The minimum Gasteiger partial charge on any atom is -0.399 e. The van der Waals surface area contributed by atoms with Gasteiger partial charge < -0.3 is 24.4 Å². The highest BCUT2D eigenvalue weighted by atomic mass is 19.4. The summed E-state index contributed by atoms with van der Waals surface area (Å²) in [6.45, 7) is 13.8. The van der Waals surface area contributed by atoms with Crippen molar-refractivity contribution in [1.82, 2.24) is 0 Å². The summed E-state index contributed by atoms with van der Waals surface area (Å²) in [6.07, 6.45) is -4.84. The Bertz CT molecular complexity index is 887. The molecule has 0 radical (unpaired) electrons. The summed E-state index contributed by atoms with van der Waals surface area (Å²) in [4.78, 5) is 11.7. The maximum atomic E-state index is 14.1. The van der Waals surface area contributed by atoms with Crippen LogP contribution in [-0.4, -0.2) is 36.6 Å². The molecule has 0 spiro atoms. The summed E-state index contributed by atoms with van der Waals surface area (Å²) in [7, 11) is -2.69. The molecule has 2 aliphatic heterocycles. The molecule has 170 valence electrons. The quantitative estimate of drug-likeness (QED) is 0.439. The Morgan fingerprint density at radius 2 is 1.23 bits per heavy atom. The van der Waals surface area contributed by atoms with Gasteiger partial charge in [-0.1, -0.05) is 0 Å². The normalized spacial score (nSPS) is 24.0. The minimum absolute atomic E-state index is 0.124. The molecule has 0 aromatic heterocycles. The molecule has 2 N–H and O–H groups in total. The van der Waals surface area contributed by atoms with Crippen molar-refractivity contribution >= 4 is 36.5 Å². The van der Waals surface area contributed by atoms with Crippen LogP contribution in [0.3, 0.4) is 0 Å². The van der Waals surface area contributed by atoms with Gasteiger partial charge in [-0.3, -0.25) is 0 Å². The molecule has 2 heterocycles. The number of nitroso groups, excluding NO2 is 1. The van der Waals surface area contributed by atoms with Crippen molar-refractivity contribution in [3.05, 3.63) is 16.5 Å². The van der Waals surface area contributed by atoms with Crippen molar-refractivity contribution in [1.29, 1.82) is 0 Å². The number of hydrogen-bond acceptors (Lipinski definition) is 7. The smallest absolute Gasteiger partial charge is 0.399 e. The number of benzene rings is 1. The van der Waals surface area contributed by atoms with Crippen LogP contribution in [0.4, 0.5) is 24.5 Å². The molecule has 0 saturated carbocycles. The lowest BCUT2D eigenvalue weighted by Gasteiger charge is -2.32. The molecule has 7 nitrogen and oxygen atoms in total. The zero-order valence-electron chi connectivity index (χ0n) is 18.9. The molecule has 31 heavy (non-hydrogen) atoms. The highest BCUT2D eigenvalue weighted by Gasteiger charge is 2.57. The third kappa shape index (κ3) is 3.77. The Morgan fingerprint density at radius 3 is 1.58 bits per heavy atom. The molecule has 1 aromatic carbocycles. The maximum absolute atomic E-state index is 14.1. The van der Waals surface area contributed by atoms with Crippen molar-refractivity contribution in [2.45, 2.75) is 84.0 Å². The van der Waals surface area contributed by atoms with Crippen LogP contribution in [0.5, 0.6) is 0 Å². The average Bonchev–Trinajstić information content (AvgIpc) is 2.92. The first-order valence-electron chi connectivity index (χ1n) is 9.93. The van der Waals surface area contributed by atoms with Crippen LogP contribution in [0.1, 0.15) is 61.0 Å². The fourth-order valence-electron chi connectivity index (χ4n) is 3.42. The molecule has 2 saturated heterocycles. The van der Waals surface area contributed by atoms with E-state index in [2.05, 4.69) is 5.18 Å². The topological polar surface area (TPSA) is 92.4 Å². The summed E-state index contributed by atoms with van der Waals surface area (Å²) in [5.74, 6) is 0. The molecular weight excluding hydrogens is 415 g/mol. The summed E-state index contributed by atoms with van der Waals surface area (Å²) < 4.78 is 65.6. The van der Waals surface area contributed by atoms with Crippen molar-refractivity contribution in [3.63, 3.8) is 0 Å². The highest BCUT2D eigenvalue weighted by Crippen LogP contribution is 2.42. The van der Waals surface area contributed by atoms with E-state index in [1.807, 2.05) is 0 Å². The molecule has 0 aliphatic carbocycles. The van der Waals surface area contributed by atoms with Crippen LogP contribution in [0.15, 0.2) is 11.2 Å². The van der Waals surface area contributed by atoms with E-state index in [1.165, 1.54) is 0 Å². The zero-order valence-corrected chi connectivity index (χ0v) is 18.9. The summed E-state index contributed by atoms with van der Waals surface area (Å²) in [5, 5.41) is 2.84. The van der Waals surface area contributed by atoms with Crippen molar-refractivity contribution in [2.24, 2.45) is 5.18 Å². The second-order valence-corrected chi connectivity index (χ2v) is 9.95. The minimum atomic E-state index is -4.84. The van der Waals surface area contributed by atoms with E-state index in [-0.39, 0.29) is 11.2 Å². The Labute approximate surface area is 180 Å². The maximum Gasteiger partial charge on any atom is 0.497 e. The molecular formula is C19H27B2F3N2O5. The second-order valence-electron chi connectivity index (χ2n) is 9.95. The number of anilines is 1. The van der Waals surface area contributed by atoms with Gasteiger partial charge in [0.25, 0.3) is 0 Å². The van der Waals surface area contributed by atoms with Crippen LogP contribution in [0, 0.1) is 4.91 Å². The Balaban J connectivity index is 2.21. The van der Waals surface area contributed by atoms with Crippen molar-refractivity contribution < 1.29 is 31.8 Å². The first kappa shape index (κ1) is 24.0. The molecule has 1 aromatic rings. The molecule has 3 rings (SSSR count). The fourth-order valence-corrected chi connectivity index (χ4v) is 3.42. The molecule has 0 bridgehead atoms. The third-order valence-corrected chi connectivity index (χ3v) is 6.80. The van der Waals surface area contributed by atoms with E-state index in [9.17, 15) is 18.1 Å². The van der Waals surface area contributed by atoms with E-state index >= 15 is 0 Å². The number of hydrogen-bond donors (Lipinski definition) is 1. The van der Waals surface area contributed by atoms with Gasteiger partial charge in [-0.05, 0) is 66.6 Å². The van der Waals surface area contributed by atoms with Gasteiger partial charge >= 0.3 is 20.4 Å². The molecule has 0 unspecified atom stereocenters. The number of alkyl halides is 3. The number of rotatable bonds is 3. The lowest BCUT2D eigenvalue weighted by molar-refractivity contribution is -0.136. The van der Waals surface area contributed by atoms with E-state index < -0.39 is 59.5 Å². The van der Waals surface area contributed by atoms with Crippen molar-refractivity contribution in [3.8, 4) is 0 Å². The lowest BCUT2D eigenvalue weighted by atomic mass is 9.68. The van der Waals surface area contributed by atoms with Gasteiger partial charge in [0.05, 0.1) is 33.7 Å². The summed E-state index contributed by atoms with van der Waals surface area (Å²) in [6, 6.07) is 0.826. The van der Waals surface area contributed by atoms with E-state index in [0.29, 0.717) is 0 Å². The molecule has 0 atom stereocenters. The van der Waals surface area contributed by atoms with Crippen LogP contribution < -0.4 is 16.7 Å². The van der Waals surface area contributed by atoms with Crippen molar-refractivity contribution in [2.75, 3.05) is 5.73 Å². The summed E-state index contributed by atoms with van der Waals surface area (Å²) >= 11 is 0. The molecule has 0 amide bonds. The van der Waals surface area contributed by atoms with Gasteiger partial charge in [-0.2, -0.15) is 13.2 Å². The van der Waals surface area contributed by atoms with E-state index in [4.69, 9.17) is 24.4 Å². The lowest BCUT2D eigenvalue weighted by Crippen LogP contribution is -2.44. The third-order valence-electron chi connectivity index (χ3n) is 6.80. The Kier molecular flexibility index (Phi) is 5.38.